The molecule has 200 valence electrons. The van der Waals surface area contributed by atoms with Gasteiger partial charge in [0.25, 0.3) is 0 Å². The predicted molar refractivity (Wildman–Crippen MR) is 150 cm³/mol. The van der Waals surface area contributed by atoms with Crippen molar-refractivity contribution in [2.75, 3.05) is 0 Å². The first-order valence-electron chi connectivity index (χ1n) is 13.1. The Bertz CT molecular complexity index is 1610. The topological polar surface area (TPSA) is 78.9 Å². The third-order valence-electron chi connectivity index (χ3n) is 6.89. The number of hydrogen-bond acceptors (Lipinski definition) is 6. The van der Waals surface area contributed by atoms with Crippen LogP contribution in [-0.4, -0.2) is 17.9 Å². The van der Waals surface area contributed by atoms with Gasteiger partial charge in [0.15, 0.2) is 0 Å². The molecule has 0 heterocycles. The number of carbonyl (C=O) groups is 3. The monoisotopic (exact) mass is 576 g/mol. The molecule has 6 nitrogen and oxygen atoms in total. The van der Waals surface area contributed by atoms with Crippen LogP contribution < -0.4 is 3.87 Å². The third-order valence-corrected chi connectivity index (χ3v) is 10.8. The Morgan fingerprint density at radius 2 is 0.878 bits per heavy atom. The Hall–Kier alpha value is -4.78. The van der Waals surface area contributed by atoms with Gasteiger partial charge in [0, 0.05) is 0 Å². The Balaban J connectivity index is 1.53. The second-order valence-corrected chi connectivity index (χ2v) is 13.0. The summed E-state index contributed by atoms with van der Waals surface area (Å²) in [5, 5.41) is 0. The molecule has 0 saturated heterocycles. The van der Waals surface area contributed by atoms with E-state index < -0.39 is 35.7 Å². The number of fused-ring (bicyclic) bond motifs is 3. The first-order valence-corrected chi connectivity index (χ1v) is 15.8. The van der Waals surface area contributed by atoms with E-state index in [1.54, 1.807) is 103 Å². The zero-order chi connectivity index (χ0) is 28.2. The zero-order valence-corrected chi connectivity index (χ0v) is 23.4. The molecule has 0 N–H and O–H groups in total. The van der Waals surface area contributed by atoms with Crippen molar-refractivity contribution >= 4 is 21.8 Å². The molecular weight excluding hydrogens is 552 g/mol. The van der Waals surface area contributed by atoms with Crippen LogP contribution >= 0.6 is 0 Å². The Morgan fingerprint density at radius 1 is 0.463 bits per heavy atom. The van der Waals surface area contributed by atoms with E-state index in [0.29, 0.717) is 10.3 Å². The van der Waals surface area contributed by atoms with Crippen molar-refractivity contribution in [3.8, 4) is 11.1 Å². The van der Waals surface area contributed by atoms with Gasteiger partial charge in [0.05, 0.1) is 0 Å². The predicted octanol–water partition coefficient (Wildman–Crippen LogP) is 6.35. The van der Waals surface area contributed by atoms with Gasteiger partial charge in [-0.3, -0.25) is 0 Å². The van der Waals surface area contributed by atoms with Crippen LogP contribution in [0.2, 0.25) is 0 Å². The normalized spacial score (nSPS) is 11.6. The van der Waals surface area contributed by atoms with Gasteiger partial charge >= 0.3 is 243 Å². The molecule has 0 aromatic heterocycles. The van der Waals surface area contributed by atoms with Crippen LogP contribution in [0, 0.1) is 0 Å². The fourth-order valence-corrected chi connectivity index (χ4v) is 8.74. The summed E-state index contributed by atoms with van der Waals surface area (Å²) in [6.45, 7) is 0. The maximum atomic E-state index is 13.6. The van der Waals surface area contributed by atoms with Crippen LogP contribution in [0.4, 0.5) is 0 Å². The molecule has 0 amide bonds. The summed E-state index contributed by atoms with van der Waals surface area (Å²) in [6, 6.07) is 38.6. The molecule has 0 fully saturated rings. The minimum absolute atomic E-state index is 0.241. The maximum absolute atomic E-state index is 13.6. The molecule has 5 aromatic carbocycles. The Morgan fingerprint density at radius 3 is 1.37 bits per heavy atom. The summed E-state index contributed by atoms with van der Waals surface area (Å²) in [4.78, 5) is 40.9. The van der Waals surface area contributed by atoms with Gasteiger partial charge in [-0.2, -0.15) is 0 Å². The number of rotatable bonds is 7. The van der Waals surface area contributed by atoms with Crippen LogP contribution in [0.1, 0.15) is 42.2 Å². The second-order valence-electron chi connectivity index (χ2n) is 9.49. The van der Waals surface area contributed by atoms with Crippen molar-refractivity contribution in [2.45, 2.75) is 6.42 Å². The molecule has 41 heavy (non-hydrogen) atoms. The van der Waals surface area contributed by atoms with Gasteiger partial charge in [0.2, 0.25) is 0 Å². The molecule has 0 saturated carbocycles. The Labute approximate surface area is 241 Å². The van der Waals surface area contributed by atoms with Crippen LogP contribution in [0.25, 0.3) is 11.1 Å². The van der Waals surface area contributed by atoms with Gasteiger partial charge in [0.1, 0.15) is 0 Å². The van der Waals surface area contributed by atoms with Crippen molar-refractivity contribution in [2.24, 2.45) is 0 Å². The quantitative estimate of drug-likeness (QED) is 0.206. The molecule has 1 aliphatic carbocycles. The third kappa shape index (κ3) is 5.35. The van der Waals surface area contributed by atoms with Crippen LogP contribution in [-0.2, 0) is 34.1 Å². The molecule has 0 atom stereocenters. The molecule has 5 aromatic rings. The van der Waals surface area contributed by atoms with E-state index in [2.05, 4.69) is 0 Å². The van der Waals surface area contributed by atoms with Crippen LogP contribution in [0.3, 0.4) is 0 Å². The molecule has 0 aliphatic heterocycles. The van der Waals surface area contributed by atoms with Crippen LogP contribution in [0.5, 0.6) is 0 Å². The van der Waals surface area contributed by atoms with Gasteiger partial charge in [-0.05, 0) is 0 Å². The van der Waals surface area contributed by atoms with Crippen molar-refractivity contribution < 1.29 is 42.1 Å². The molecule has 7 heteroatoms. The summed E-state index contributed by atoms with van der Waals surface area (Å²) in [5.41, 5.74) is 4.54. The molecular formula is C34H24O6Ti. The van der Waals surface area contributed by atoms with Crippen molar-refractivity contribution in [1.29, 1.82) is 0 Å². The van der Waals surface area contributed by atoms with Crippen molar-refractivity contribution in [3.05, 3.63) is 161 Å². The first kappa shape index (κ1) is 26.4. The summed E-state index contributed by atoms with van der Waals surface area (Å²) < 4.78 is 19.0. The first-order chi connectivity index (χ1) is 20.0. The second kappa shape index (κ2) is 11.4. The minimum atomic E-state index is -5.39. The fraction of sp³-hybridized carbons (Fsp3) is 0.0294. The number of carbonyl (C=O) groups excluding carboxylic acids is 3. The summed E-state index contributed by atoms with van der Waals surface area (Å²) >= 11 is -5.39. The van der Waals surface area contributed by atoms with E-state index in [0.717, 1.165) is 22.3 Å². The standard InChI is InChI=1S/C13H9.3C7H6O2.Ti/c1-3-7-12-10(5-1)9-11-6-2-4-8-13(11)12;3*8-7(9)6-4-2-1-3-5-6;/h1-5,7-8H,9H2;3*1-5H,(H,8,9);/q;;;;+3/p-3. The van der Waals surface area contributed by atoms with Crippen molar-refractivity contribution in [3.63, 3.8) is 0 Å². The van der Waals surface area contributed by atoms with E-state index in [1.807, 2.05) is 30.3 Å². The van der Waals surface area contributed by atoms with E-state index >= 15 is 0 Å². The summed E-state index contributed by atoms with van der Waals surface area (Å²) in [5.74, 6) is -2.25. The fourth-order valence-electron chi connectivity index (χ4n) is 4.94. The average molecular weight is 576 g/mol. The SMILES string of the molecule is O=C([O][Ti]([O]C(=O)c1ccccc1)([O]C(=O)c1ccccc1)[c]1cccc2c1Cc1ccccc1-2)c1ccccc1. The zero-order valence-electron chi connectivity index (χ0n) is 21.9. The molecule has 0 bridgehead atoms. The number of benzene rings is 5. The number of hydrogen-bond donors (Lipinski definition) is 0. The van der Waals surface area contributed by atoms with E-state index in [4.69, 9.17) is 9.96 Å². The van der Waals surface area contributed by atoms with Crippen LogP contribution in [0.15, 0.2) is 133 Å². The molecule has 1 aliphatic rings. The molecule has 0 unspecified atom stereocenters. The summed E-state index contributed by atoms with van der Waals surface area (Å²) in [6.07, 6.45) is 0.503. The molecule has 0 spiro atoms. The van der Waals surface area contributed by atoms with Gasteiger partial charge < -0.3 is 0 Å². The van der Waals surface area contributed by atoms with Gasteiger partial charge in [-0.15, -0.1) is 0 Å². The Kier molecular flexibility index (Phi) is 7.34. The van der Waals surface area contributed by atoms with E-state index in [9.17, 15) is 14.4 Å². The van der Waals surface area contributed by atoms with Gasteiger partial charge in [-0.1, -0.05) is 0 Å². The molecule has 6 rings (SSSR count). The summed E-state index contributed by atoms with van der Waals surface area (Å²) in [7, 11) is 0. The molecule has 0 radical (unpaired) electrons. The van der Waals surface area contributed by atoms with E-state index in [1.165, 1.54) is 0 Å². The van der Waals surface area contributed by atoms with E-state index in [-0.39, 0.29) is 16.7 Å². The average Bonchev–Trinajstić information content (AvgIpc) is 3.41. The van der Waals surface area contributed by atoms with Crippen molar-refractivity contribution in [1.82, 2.24) is 0 Å². The van der Waals surface area contributed by atoms with Gasteiger partial charge in [-0.25, -0.2) is 0 Å².